The number of rotatable bonds is 2. The van der Waals surface area contributed by atoms with E-state index in [-0.39, 0.29) is 10.8 Å². The van der Waals surface area contributed by atoms with Crippen LogP contribution in [0.15, 0.2) is 42.5 Å². The molecule has 2 aromatic rings. The highest BCUT2D eigenvalue weighted by Gasteiger charge is 2.10. The Hall–Kier alpha value is -1.41. The lowest BCUT2D eigenvalue weighted by atomic mass is 10.0. The maximum Gasteiger partial charge on any atom is 0.131 e. The van der Waals surface area contributed by atoms with E-state index in [0.717, 1.165) is 0 Å². The van der Waals surface area contributed by atoms with Crippen molar-refractivity contribution < 1.29 is 8.78 Å². The Morgan fingerprint density at radius 1 is 0.938 bits per heavy atom. The van der Waals surface area contributed by atoms with Gasteiger partial charge in [-0.15, -0.1) is 0 Å². The van der Waals surface area contributed by atoms with Gasteiger partial charge in [-0.25, -0.2) is 8.78 Å². The van der Waals surface area contributed by atoms with Gasteiger partial charge in [0.1, 0.15) is 12.5 Å². The normalized spacial score (nSPS) is 10.4. The third-order valence-electron chi connectivity index (χ3n) is 2.39. The van der Waals surface area contributed by atoms with Gasteiger partial charge in [-0.05, 0) is 6.07 Å². The van der Waals surface area contributed by atoms with Gasteiger partial charge in [0, 0.05) is 16.7 Å². The standard InChI is InChI=1S/C13H9ClF2/c14-13-9(8-15)4-3-6-11(13)10-5-1-2-7-12(10)16/h1-7H,8H2. The largest absolute Gasteiger partial charge is 0.246 e. The predicted molar refractivity (Wildman–Crippen MR) is 61.7 cm³/mol. The molecule has 0 atom stereocenters. The second-order valence-electron chi connectivity index (χ2n) is 3.39. The minimum atomic E-state index is -0.652. The van der Waals surface area contributed by atoms with E-state index in [1.807, 2.05) is 0 Å². The summed E-state index contributed by atoms with van der Waals surface area (Å²) in [5, 5.41) is 0.273. The van der Waals surface area contributed by atoms with Crippen molar-refractivity contribution in [2.45, 2.75) is 6.67 Å². The predicted octanol–water partition coefficient (Wildman–Crippen LogP) is 4.62. The monoisotopic (exact) mass is 238 g/mol. The summed E-state index contributed by atoms with van der Waals surface area (Å²) in [4.78, 5) is 0. The Labute approximate surface area is 97.5 Å². The van der Waals surface area contributed by atoms with E-state index in [4.69, 9.17) is 11.6 Å². The lowest BCUT2D eigenvalue weighted by Gasteiger charge is -2.08. The molecule has 2 rings (SSSR count). The van der Waals surface area contributed by atoms with Crippen LogP contribution in [0.3, 0.4) is 0 Å². The summed E-state index contributed by atoms with van der Waals surface area (Å²) in [6.45, 7) is -0.652. The first-order valence-corrected chi connectivity index (χ1v) is 5.20. The van der Waals surface area contributed by atoms with E-state index < -0.39 is 6.67 Å². The fourth-order valence-electron chi connectivity index (χ4n) is 1.57. The Bertz CT molecular complexity index is 509. The maximum atomic E-state index is 13.5. The Balaban J connectivity index is 2.61. The second-order valence-corrected chi connectivity index (χ2v) is 3.77. The highest BCUT2D eigenvalue weighted by Crippen LogP contribution is 2.32. The van der Waals surface area contributed by atoms with Crippen LogP contribution in [0.5, 0.6) is 0 Å². The van der Waals surface area contributed by atoms with Crippen molar-refractivity contribution in [2.24, 2.45) is 0 Å². The first-order chi connectivity index (χ1) is 7.74. The van der Waals surface area contributed by atoms with Gasteiger partial charge in [0.2, 0.25) is 0 Å². The summed E-state index contributed by atoms with van der Waals surface area (Å²) < 4.78 is 26.1. The molecule has 0 radical (unpaired) electrons. The number of halogens is 3. The summed E-state index contributed by atoms with van der Waals surface area (Å²) >= 11 is 6.01. The van der Waals surface area contributed by atoms with Gasteiger partial charge < -0.3 is 0 Å². The molecule has 0 N–H and O–H groups in total. The summed E-state index contributed by atoms with van der Waals surface area (Å²) in [6.07, 6.45) is 0. The molecule has 0 aliphatic carbocycles. The van der Waals surface area contributed by atoms with Crippen molar-refractivity contribution >= 4 is 11.6 Å². The van der Waals surface area contributed by atoms with Gasteiger partial charge in [-0.3, -0.25) is 0 Å². The molecule has 0 bridgehead atoms. The van der Waals surface area contributed by atoms with Gasteiger partial charge in [0.25, 0.3) is 0 Å². The molecule has 0 aliphatic heterocycles. The highest BCUT2D eigenvalue weighted by molar-refractivity contribution is 6.34. The van der Waals surface area contributed by atoms with Crippen LogP contribution in [0.25, 0.3) is 11.1 Å². The van der Waals surface area contributed by atoms with Crippen molar-refractivity contribution in [2.75, 3.05) is 0 Å². The minimum absolute atomic E-state index is 0.273. The van der Waals surface area contributed by atoms with Crippen LogP contribution in [0, 0.1) is 5.82 Å². The molecule has 0 amide bonds. The summed E-state index contributed by atoms with van der Waals surface area (Å²) in [5.41, 5.74) is 1.29. The molecule has 0 nitrogen and oxygen atoms in total. The quantitative estimate of drug-likeness (QED) is 0.716. The average molecular weight is 239 g/mol. The number of alkyl halides is 1. The van der Waals surface area contributed by atoms with Gasteiger partial charge in [0.05, 0.1) is 5.02 Å². The number of hydrogen-bond donors (Lipinski definition) is 0. The van der Waals surface area contributed by atoms with Crippen LogP contribution in [-0.2, 0) is 6.67 Å². The number of benzene rings is 2. The molecule has 16 heavy (non-hydrogen) atoms. The van der Waals surface area contributed by atoms with Gasteiger partial charge >= 0.3 is 0 Å². The van der Waals surface area contributed by atoms with E-state index in [1.165, 1.54) is 6.07 Å². The third kappa shape index (κ3) is 1.93. The minimum Gasteiger partial charge on any atom is -0.246 e. The lowest BCUT2D eigenvalue weighted by Crippen LogP contribution is -1.88. The average Bonchev–Trinajstić information content (AvgIpc) is 2.31. The summed E-state index contributed by atoms with van der Waals surface area (Å²) in [7, 11) is 0. The molecule has 0 aliphatic rings. The zero-order chi connectivity index (χ0) is 11.5. The van der Waals surface area contributed by atoms with Crippen LogP contribution >= 0.6 is 11.6 Å². The molecule has 2 aromatic carbocycles. The third-order valence-corrected chi connectivity index (χ3v) is 2.83. The molecule has 3 heteroatoms. The molecule has 0 saturated heterocycles. The van der Waals surface area contributed by atoms with Crippen molar-refractivity contribution in [3.05, 3.63) is 58.9 Å². The Morgan fingerprint density at radius 2 is 1.62 bits per heavy atom. The summed E-state index contributed by atoms with van der Waals surface area (Å²) in [5.74, 6) is -0.361. The van der Waals surface area contributed by atoms with Crippen LogP contribution in [0.1, 0.15) is 5.56 Å². The first kappa shape index (κ1) is 11.1. The molecule has 0 spiro atoms. The topological polar surface area (TPSA) is 0 Å². The van der Waals surface area contributed by atoms with Crippen LogP contribution < -0.4 is 0 Å². The fraction of sp³-hybridized carbons (Fsp3) is 0.0769. The zero-order valence-electron chi connectivity index (χ0n) is 8.38. The van der Waals surface area contributed by atoms with E-state index >= 15 is 0 Å². The molecule has 0 unspecified atom stereocenters. The van der Waals surface area contributed by atoms with E-state index in [9.17, 15) is 8.78 Å². The van der Waals surface area contributed by atoms with E-state index in [1.54, 1.807) is 36.4 Å². The van der Waals surface area contributed by atoms with E-state index in [2.05, 4.69) is 0 Å². The van der Waals surface area contributed by atoms with Gasteiger partial charge in [-0.2, -0.15) is 0 Å². The Morgan fingerprint density at radius 3 is 2.31 bits per heavy atom. The Kier molecular flexibility index (Phi) is 3.20. The van der Waals surface area contributed by atoms with Gasteiger partial charge in [-0.1, -0.05) is 48.0 Å². The molecule has 82 valence electrons. The SMILES string of the molecule is FCc1cccc(-c2ccccc2F)c1Cl. The fourth-order valence-corrected chi connectivity index (χ4v) is 1.85. The maximum absolute atomic E-state index is 13.5. The number of hydrogen-bond acceptors (Lipinski definition) is 0. The van der Waals surface area contributed by atoms with E-state index in [0.29, 0.717) is 16.7 Å². The smallest absolute Gasteiger partial charge is 0.131 e. The lowest BCUT2D eigenvalue weighted by molar-refractivity contribution is 0.485. The molecule has 0 fully saturated rings. The summed E-state index contributed by atoms with van der Waals surface area (Å²) in [6, 6.07) is 11.2. The molecular weight excluding hydrogens is 230 g/mol. The van der Waals surface area contributed by atoms with Crippen molar-refractivity contribution in [1.82, 2.24) is 0 Å². The molecule has 0 heterocycles. The van der Waals surface area contributed by atoms with Gasteiger partial charge in [0.15, 0.2) is 0 Å². The van der Waals surface area contributed by atoms with Crippen LogP contribution in [0.2, 0.25) is 5.02 Å². The molecule has 0 aromatic heterocycles. The zero-order valence-corrected chi connectivity index (χ0v) is 9.14. The van der Waals surface area contributed by atoms with Crippen molar-refractivity contribution in [3.8, 4) is 11.1 Å². The molecule has 0 saturated carbocycles. The molecular formula is C13H9ClF2. The second kappa shape index (κ2) is 4.62. The first-order valence-electron chi connectivity index (χ1n) is 4.82. The van der Waals surface area contributed by atoms with Crippen LogP contribution in [0.4, 0.5) is 8.78 Å². The van der Waals surface area contributed by atoms with Crippen molar-refractivity contribution in [1.29, 1.82) is 0 Å². The van der Waals surface area contributed by atoms with Crippen molar-refractivity contribution in [3.63, 3.8) is 0 Å². The highest BCUT2D eigenvalue weighted by atomic mass is 35.5. The van der Waals surface area contributed by atoms with Crippen LogP contribution in [-0.4, -0.2) is 0 Å².